The molecule has 4 aromatic carbocycles. The molecule has 0 atom stereocenters. The van der Waals surface area contributed by atoms with Crippen LogP contribution in [0.4, 0.5) is 0 Å². The molecule has 5 heterocycles. The molecule has 8 nitrogen and oxygen atoms in total. The van der Waals surface area contributed by atoms with Crippen molar-refractivity contribution in [2.45, 2.75) is 0 Å². The quantitative estimate of drug-likeness (QED) is 0.136. The highest BCUT2D eigenvalue weighted by atomic mass is 16.4. The number of carboxylic acid groups (broad SMARTS) is 2. The molecule has 0 spiro atoms. The van der Waals surface area contributed by atoms with Crippen molar-refractivity contribution < 1.29 is 19.8 Å². The molecule has 0 fully saturated rings. The standard InChI is InChI=1S/C46H30N4O4/c51-45(52)31-15-7-13-29(25-31)43-37-21-17-33(47-37)41(27-9-3-1-4-10-27)34-18-22-38(48-34)44(30-14-8-16-32(26-30)46(53)54)40-24-20-36(50-40)42(28-11-5-2-6-12-28)35-19-23-39(43)49-35/h1-26,47,50H,(H,51,52)(H,53,54). The van der Waals surface area contributed by atoms with E-state index in [9.17, 15) is 19.8 Å². The van der Waals surface area contributed by atoms with Crippen LogP contribution in [0.25, 0.3) is 90.9 Å². The summed E-state index contributed by atoms with van der Waals surface area (Å²) in [4.78, 5) is 42.1. The Balaban J connectivity index is 1.47. The molecule has 0 radical (unpaired) electrons. The molecule has 54 heavy (non-hydrogen) atoms. The number of hydrogen-bond acceptors (Lipinski definition) is 4. The fraction of sp³-hybridized carbons (Fsp3) is 0. The summed E-state index contributed by atoms with van der Waals surface area (Å²) in [6.45, 7) is 0. The van der Waals surface area contributed by atoms with Gasteiger partial charge in [-0.15, -0.1) is 0 Å². The van der Waals surface area contributed by atoms with Crippen molar-refractivity contribution in [1.82, 2.24) is 19.9 Å². The molecule has 258 valence electrons. The van der Waals surface area contributed by atoms with Crippen molar-refractivity contribution in [3.63, 3.8) is 0 Å². The Kier molecular flexibility index (Phi) is 7.90. The van der Waals surface area contributed by atoms with E-state index in [0.717, 1.165) is 66.8 Å². The number of benzene rings is 4. The first-order valence-corrected chi connectivity index (χ1v) is 17.4. The molecule has 0 unspecified atom stereocenters. The summed E-state index contributed by atoms with van der Waals surface area (Å²) >= 11 is 0. The number of nitrogens with one attached hydrogen (secondary N) is 2. The molecular formula is C46H30N4O4. The highest BCUT2D eigenvalue weighted by Crippen LogP contribution is 2.38. The van der Waals surface area contributed by atoms with Crippen molar-refractivity contribution in [1.29, 1.82) is 0 Å². The van der Waals surface area contributed by atoms with Gasteiger partial charge < -0.3 is 20.2 Å². The number of carboxylic acids is 2. The average molecular weight is 703 g/mol. The van der Waals surface area contributed by atoms with Gasteiger partial charge in [-0.05, 0) is 95.1 Å². The van der Waals surface area contributed by atoms with Gasteiger partial charge in [0.05, 0.1) is 33.9 Å². The Morgan fingerprint density at radius 2 is 0.704 bits per heavy atom. The van der Waals surface area contributed by atoms with E-state index in [-0.39, 0.29) is 11.1 Å². The highest BCUT2D eigenvalue weighted by Gasteiger charge is 2.20. The Hall–Kier alpha value is -7.58. The number of nitrogens with zero attached hydrogens (tertiary/aromatic N) is 2. The lowest BCUT2D eigenvalue weighted by Gasteiger charge is -2.07. The van der Waals surface area contributed by atoms with E-state index in [1.807, 2.05) is 121 Å². The van der Waals surface area contributed by atoms with Crippen LogP contribution in [-0.2, 0) is 0 Å². The Bertz CT molecular complexity index is 2690. The third-order valence-electron chi connectivity index (χ3n) is 9.68. The van der Waals surface area contributed by atoms with Crippen LogP contribution in [0.1, 0.15) is 43.5 Å². The molecule has 0 saturated carbocycles. The molecule has 4 N–H and O–H groups in total. The summed E-state index contributed by atoms with van der Waals surface area (Å²) in [5, 5.41) is 19.9. The maximum Gasteiger partial charge on any atom is 0.335 e. The van der Waals surface area contributed by atoms with E-state index in [2.05, 4.69) is 9.97 Å². The summed E-state index contributed by atoms with van der Waals surface area (Å²) in [6, 6.07) is 41.8. The average Bonchev–Trinajstić information content (AvgIpc) is 4.04. The van der Waals surface area contributed by atoms with E-state index in [1.165, 1.54) is 0 Å². The minimum absolute atomic E-state index is 0.173. The third kappa shape index (κ3) is 5.78. The molecule has 8 bridgehead atoms. The number of aromatic carboxylic acids is 2. The molecule has 2 aliphatic heterocycles. The second-order valence-corrected chi connectivity index (χ2v) is 13.0. The van der Waals surface area contributed by atoms with E-state index < -0.39 is 11.9 Å². The largest absolute Gasteiger partial charge is 0.478 e. The Labute approximate surface area is 309 Å². The molecule has 9 rings (SSSR count). The van der Waals surface area contributed by atoms with Gasteiger partial charge in [0, 0.05) is 44.3 Å². The molecule has 8 heteroatoms. The molecule has 0 saturated heterocycles. The van der Waals surface area contributed by atoms with Gasteiger partial charge in [0.2, 0.25) is 0 Å². The summed E-state index contributed by atoms with van der Waals surface area (Å²) in [5.74, 6) is -2.03. The predicted molar refractivity (Wildman–Crippen MR) is 215 cm³/mol. The lowest BCUT2D eigenvalue weighted by Crippen LogP contribution is -1.96. The van der Waals surface area contributed by atoms with Crippen molar-refractivity contribution in [3.8, 4) is 44.5 Å². The molecule has 7 aromatic rings. The minimum Gasteiger partial charge on any atom is -0.478 e. The van der Waals surface area contributed by atoms with Crippen LogP contribution < -0.4 is 0 Å². The summed E-state index contributed by atoms with van der Waals surface area (Å²) in [5.41, 5.74) is 12.8. The van der Waals surface area contributed by atoms with Crippen LogP contribution in [0.15, 0.2) is 133 Å². The van der Waals surface area contributed by atoms with Gasteiger partial charge in [-0.25, -0.2) is 19.6 Å². The highest BCUT2D eigenvalue weighted by molar-refractivity contribution is 6.01. The molecular weight excluding hydrogens is 673 g/mol. The molecule has 3 aromatic heterocycles. The number of aromatic nitrogens is 4. The number of fused-ring (bicyclic) bond motifs is 8. The minimum atomic E-state index is -1.01. The van der Waals surface area contributed by atoms with E-state index in [4.69, 9.17) is 9.97 Å². The summed E-state index contributed by atoms with van der Waals surface area (Å²) in [7, 11) is 0. The maximum atomic E-state index is 12.1. The number of rotatable bonds is 6. The smallest absolute Gasteiger partial charge is 0.335 e. The Morgan fingerprint density at radius 1 is 0.389 bits per heavy atom. The van der Waals surface area contributed by atoms with Crippen molar-refractivity contribution in [2.24, 2.45) is 0 Å². The third-order valence-corrected chi connectivity index (χ3v) is 9.68. The van der Waals surface area contributed by atoms with E-state index >= 15 is 0 Å². The van der Waals surface area contributed by atoms with Crippen LogP contribution in [-0.4, -0.2) is 42.1 Å². The van der Waals surface area contributed by atoms with Gasteiger partial charge in [0.15, 0.2) is 0 Å². The lowest BCUT2D eigenvalue weighted by atomic mass is 10.0. The van der Waals surface area contributed by atoms with Gasteiger partial charge in [0.1, 0.15) is 0 Å². The van der Waals surface area contributed by atoms with Gasteiger partial charge in [-0.2, -0.15) is 0 Å². The normalized spacial score (nSPS) is 11.9. The second kappa shape index (κ2) is 13.2. The monoisotopic (exact) mass is 702 g/mol. The van der Waals surface area contributed by atoms with E-state index in [1.54, 1.807) is 36.4 Å². The fourth-order valence-corrected chi connectivity index (χ4v) is 7.25. The number of aromatic amines is 2. The van der Waals surface area contributed by atoms with Crippen LogP contribution in [0, 0.1) is 0 Å². The van der Waals surface area contributed by atoms with Crippen molar-refractivity contribution in [2.75, 3.05) is 0 Å². The topological polar surface area (TPSA) is 132 Å². The van der Waals surface area contributed by atoms with Crippen LogP contribution in [0.3, 0.4) is 0 Å². The fourth-order valence-electron chi connectivity index (χ4n) is 7.25. The number of carbonyl (C=O) groups is 2. The summed E-state index contributed by atoms with van der Waals surface area (Å²) < 4.78 is 0. The zero-order chi connectivity index (χ0) is 36.8. The zero-order valence-electron chi connectivity index (χ0n) is 28.6. The second-order valence-electron chi connectivity index (χ2n) is 13.0. The number of hydrogen-bond donors (Lipinski definition) is 4. The van der Waals surface area contributed by atoms with Crippen LogP contribution in [0.5, 0.6) is 0 Å². The molecule has 0 aliphatic carbocycles. The van der Waals surface area contributed by atoms with Gasteiger partial charge >= 0.3 is 11.9 Å². The molecule has 0 amide bonds. The van der Waals surface area contributed by atoms with E-state index in [0.29, 0.717) is 22.5 Å². The lowest BCUT2D eigenvalue weighted by molar-refractivity contribution is 0.0686. The zero-order valence-corrected chi connectivity index (χ0v) is 28.6. The van der Waals surface area contributed by atoms with Gasteiger partial charge in [-0.3, -0.25) is 0 Å². The molecule has 2 aliphatic rings. The first kappa shape index (κ1) is 32.3. The SMILES string of the molecule is O=C(O)c1cccc(-c2c3nc(c(-c4ccccc4)c4ccc([nH]4)c(-c4cccc(C(=O)O)c4)c4nc(c(-c5ccccc5)c5ccc2[nH]5)C=C4)C=C3)c1. The maximum absolute atomic E-state index is 12.1. The predicted octanol–water partition coefficient (Wildman–Crippen LogP) is 10.7. The van der Waals surface area contributed by atoms with Crippen molar-refractivity contribution >= 4 is 58.3 Å². The number of H-pyrrole nitrogens is 2. The first-order chi connectivity index (χ1) is 26.4. The van der Waals surface area contributed by atoms with Crippen LogP contribution in [0.2, 0.25) is 0 Å². The van der Waals surface area contributed by atoms with Crippen LogP contribution >= 0.6 is 0 Å². The van der Waals surface area contributed by atoms with Gasteiger partial charge in [-0.1, -0.05) is 84.9 Å². The van der Waals surface area contributed by atoms with Crippen molar-refractivity contribution in [3.05, 3.63) is 167 Å². The first-order valence-electron chi connectivity index (χ1n) is 17.4. The van der Waals surface area contributed by atoms with Gasteiger partial charge in [0.25, 0.3) is 0 Å². The summed E-state index contributed by atoms with van der Waals surface area (Å²) in [6.07, 6.45) is 7.89. The Morgan fingerprint density at radius 3 is 1.04 bits per heavy atom.